The zero-order chi connectivity index (χ0) is 14.8. The molecule has 3 nitrogen and oxygen atoms in total. The Morgan fingerprint density at radius 1 is 1.14 bits per heavy atom. The lowest BCUT2D eigenvalue weighted by Gasteiger charge is -2.01. The molecule has 2 aromatic heterocycles. The maximum atomic E-state index is 9.42. The quantitative estimate of drug-likeness (QED) is 0.732. The molecule has 0 amide bonds. The Bertz CT molecular complexity index is 820. The Morgan fingerprint density at radius 3 is 2.52 bits per heavy atom. The van der Waals surface area contributed by atoms with E-state index >= 15 is 0 Å². The van der Waals surface area contributed by atoms with Crippen LogP contribution in [-0.2, 0) is 12.8 Å². The molecule has 21 heavy (non-hydrogen) atoms. The number of aromatic nitrogens is 2. The fourth-order valence-electron chi connectivity index (χ4n) is 2.52. The number of nitriles is 1. The SMILES string of the molecule is CCc1ccc(Cc2nc3cc(C)ccn3c2C#N)cc1. The van der Waals surface area contributed by atoms with E-state index in [4.69, 9.17) is 0 Å². The first-order chi connectivity index (χ1) is 10.2. The molecule has 104 valence electrons. The number of aryl methyl sites for hydroxylation is 2. The normalized spacial score (nSPS) is 10.7. The predicted molar refractivity (Wildman–Crippen MR) is 83.3 cm³/mol. The summed E-state index contributed by atoms with van der Waals surface area (Å²) in [7, 11) is 0. The highest BCUT2D eigenvalue weighted by Crippen LogP contribution is 2.17. The van der Waals surface area contributed by atoms with Crippen LogP contribution in [0.25, 0.3) is 5.65 Å². The highest BCUT2D eigenvalue weighted by atomic mass is 15.0. The summed E-state index contributed by atoms with van der Waals surface area (Å²) >= 11 is 0. The van der Waals surface area contributed by atoms with Crippen molar-refractivity contribution >= 4 is 5.65 Å². The highest BCUT2D eigenvalue weighted by Gasteiger charge is 2.12. The molecular formula is C18H17N3. The standard InChI is InChI=1S/C18H17N3/c1-3-14-4-6-15(7-5-14)11-16-17(12-19)21-9-8-13(2)10-18(21)20-16/h4-10H,3,11H2,1-2H3. The van der Waals surface area contributed by atoms with Crippen molar-refractivity contribution in [1.29, 1.82) is 5.26 Å². The van der Waals surface area contributed by atoms with Gasteiger partial charge >= 0.3 is 0 Å². The first-order valence-corrected chi connectivity index (χ1v) is 7.16. The van der Waals surface area contributed by atoms with Crippen molar-refractivity contribution in [2.45, 2.75) is 26.7 Å². The summed E-state index contributed by atoms with van der Waals surface area (Å²) in [6, 6.07) is 14.8. The lowest BCUT2D eigenvalue weighted by molar-refractivity contribution is 1.07. The van der Waals surface area contributed by atoms with Crippen LogP contribution in [0.4, 0.5) is 0 Å². The Kier molecular flexibility index (Phi) is 3.45. The second-order valence-corrected chi connectivity index (χ2v) is 5.30. The molecule has 3 aromatic rings. The second-order valence-electron chi connectivity index (χ2n) is 5.30. The van der Waals surface area contributed by atoms with Gasteiger partial charge in [0.25, 0.3) is 0 Å². The van der Waals surface area contributed by atoms with Gasteiger partial charge in [0, 0.05) is 12.6 Å². The Morgan fingerprint density at radius 2 is 1.86 bits per heavy atom. The van der Waals surface area contributed by atoms with Crippen LogP contribution in [0, 0.1) is 18.3 Å². The third-order valence-electron chi connectivity index (χ3n) is 3.76. The average molecular weight is 275 g/mol. The summed E-state index contributed by atoms with van der Waals surface area (Å²) in [5.74, 6) is 0. The summed E-state index contributed by atoms with van der Waals surface area (Å²) in [4.78, 5) is 4.62. The molecule has 0 aliphatic rings. The summed E-state index contributed by atoms with van der Waals surface area (Å²) < 4.78 is 1.86. The number of benzene rings is 1. The summed E-state index contributed by atoms with van der Waals surface area (Å²) in [6.07, 6.45) is 3.64. The molecule has 0 radical (unpaired) electrons. The van der Waals surface area contributed by atoms with Crippen molar-refractivity contribution in [3.05, 3.63) is 70.7 Å². The molecule has 0 fully saturated rings. The third-order valence-corrected chi connectivity index (χ3v) is 3.76. The van der Waals surface area contributed by atoms with Crippen LogP contribution in [0.1, 0.15) is 35.0 Å². The van der Waals surface area contributed by atoms with Crippen LogP contribution >= 0.6 is 0 Å². The summed E-state index contributed by atoms with van der Waals surface area (Å²) in [6.45, 7) is 4.18. The molecule has 0 aliphatic carbocycles. The van der Waals surface area contributed by atoms with Gasteiger partial charge in [0.05, 0.1) is 5.69 Å². The number of hydrogen-bond acceptors (Lipinski definition) is 2. The molecule has 0 saturated carbocycles. The van der Waals surface area contributed by atoms with E-state index in [0.717, 1.165) is 23.3 Å². The molecule has 2 heterocycles. The van der Waals surface area contributed by atoms with E-state index in [1.54, 1.807) is 0 Å². The maximum Gasteiger partial charge on any atom is 0.148 e. The van der Waals surface area contributed by atoms with Gasteiger partial charge < -0.3 is 0 Å². The largest absolute Gasteiger partial charge is 0.291 e. The molecule has 0 unspecified atom stereocenters. The van der Waals surface area contributed by atoms with Gasteiger partial charge in [-0.15, -0.1) is 0 Å². The smallest absolute Gasteiger partial charge is 0.148 e. The zero-order valence-electron chi connectivity index (χ0n) is 12.3. The lowest BCUT2D eigenvalue weighted by Crippen LogP contribution is -1.94. The number of rotatable bonds is 3. The number of nitrogens with zero attached hydrogens (tertiary/aromatic N) is 3. The van der Waals surface area contributed by atoms with Gasteiger partial charge in [-0.3, -0.25) is 4.40 Å². The summed E-state index contributed by atoms with van der Waals surface area (Å²) in [5, 5.41) is 9.42. The second kappa shape index (κ2) is 5.41. The first kappa shape index (κ1) is 13.4. The molecular weight excluding hydrogens is 258 g/mol. The van der Waals surface area contributed by atoms with Gasteiger partial charge in [-0.2, -0.15) is 5.26 Å². The number of imidazole rings is 1. The topological polar surface area (TPSA) is 41.1 Å². The van der Waals surface area contributed by atoms with Crippen molar-refractivity contribution in [2.75, 3.05) is 0 Å². The van der Waals surface area contributed by atoms with Gasteiger partial charge in [0.2, 0.25) is 0 Å². The molecule has 0 bridgehead atoms. The van der Waals surface area contributed by atoms with Crippen molar-refractivity contribution in [1.82, 2.24) is 9.38 Å². The number of fused-ring (bicyclic) bond motifs is 1. The van der Waals surface area contributed by atoms with Crippen LogP contribution in [0.5, 0.6) is 0 Å². The molecule has 0 aliphatic heterocycles. The van der Waals surface area contributed by atoms with Crippen LogP contribution in [-0.4, -0.2) is 9.38 Å². The van der Waals surface area contributed by atoms with Crippen LogP contribution in [0.15, 0.2) is 42.6 Å². The van der Waals surface area contributed by atoms with Gasteiger partial charge in [-0.1, -0.05) is 31.2 Å². The van der Waals surface area contributed by atoms with Crippen molar-refractivity contribution in [2.24, 2.45) is 0 Å². The molecule has 0 spiro atoms. The number of hydrogen-bond donors (Lipinski definition) is 0. The summed E-state index contributed by atoms with van der Waals surface area (Å²) in [5.41, 5.74) is 5.97. The third kappa shape index (κ3) is 2.53. The van der Waals surface area contributed by atoms with Crippen LogP contribution < -0.4 is 0 Å². The van der Waals surface area contributed by atoms with E-state index in [-0.39, 0.29) is 0 Å². The highest BCUT2D eigenvalue weighted by molar-refractivity contribution is 5.50. The monoisotopic (exact) mass is 275 g/mol. The lowest BCUT2D eigenvalue weighted by atomic mass is 10.1. The zero-order valence-corrected chi connectivity index (χ0v) is 12.3. The van der Waals surface area contributed by atoms with Gasteiger partial charge in [0.1, 0.15) is 17.4 Å². The van der Waals surface area contributed by atoms with E-state index in [0.29, 0.717) is 12.1 Å². The fourth-order valence-corrected chi connectivity index (χ4v) is 2.52. The molecule has 0 saturated heterocycles. The van der Waals surface area contributed by atoms with Crippen LogP contribution in [0.2, 0.25) is 0 Å². The van der Waals surface area contributed by atoms with Gasteiger partial charge in [-0.05, 0) is 42.2 Å². The Labute approximate surface area is 124 Å². The fraction of sp³-hybridized carbons (Fsp3) is 0.222. The molecule has 3 heteroatoms. The first-order valence-electron chi connectivity index (χ1n) is 7.16. The maximum absolute atomic E-state index is 9.42. The predicted octanol–water partition coefficient (Wildman–Crippen LogP) is 3.67. The minimum absolute atomic E-state index is 0.629. The van der Waals surface area contributed by atoms with E-state index in [1.807, 2.05) is 29.7 Å². The minimum atomic E-state index is 0.629. The van der Waals surface area contributed by atoms with E-state index in [2.05, 4.69) is 42.2 Å². The van der Waals surface area contributed by atoms with Gasteiger partial charge in [0.15, 0.2) is 0 Å². The Balaban J connectivity index is 2.01. The van der Waals surface area contributed by atoms with Crippen molar-refractivity contribution < 1.29 is 0 Å². The molecule has 3 rings (SSSR count). The number of pyridine rings is 1. The van der Waals surface area contributed by atoms with Gasteiger partial charge in [-0.25, -0.2) is 4.98 Å². The average Bonchev–Trinajstić information content (AvgIpc) is 2.84. The van der Waals surface area contributed by atoms with Crippen molar-refractivity contribution in [3.63, 3.8) is 0 Å². The molecule has 1 aromatic carbocycles. The van der Waals surface area contributed by atoms with E-state index < -0.39 is 0 Å². The van der Waals surface area contributed by atoms with E-state index in [1.165, 1.54) is 11.1 Å². The molecule has 0 atom stereocenters. The Hall–Kier alpha value is -2.60. The van der Waals surface area contributed by atoms with Crippen LogP contribution in [0.3, 0.4) is 0 Å². The minimum Gasteiger partial charge on any atom is -0.291 e. The molecule has 0 N–H and O–H groups in total. The van der Waals surface area contributed by atoms with Crippen molar-refractivity contribution in [3.8, 4) is 6.07 Å². The van der Waals surface area contributed by atoms with E-state index in [9.17, 15) is 5.26 Å².